The van der Waals surface area contributed by atoms with Crippen LogP contribution < -0.4 is 10.6 Å². The van der Waals surface area contributed by atoms with Crippen molar-refractivity contribution in [2.75, 3.05) is 20.7 Å². The maximum absolute atomic E-state index is 13.6. The van der Waals surface area contributed by atoms with Gasteiger partial charge in [0.2, 0.25) is 0 Å². The van der Waals surface area contributed by atoms with Gasteiger partial charge >= 0.3 is 0 Å². The normalized spacial score (nSPS) is 11.6. The first-order chi connectivity index (χ1) is 11.6. The van der Waals surface area contributed by atoms with Crippen LogP contribution in [0.1, 0.15) is 21.8 Å². The molecule has 1 aromatic carbocycles. The number of nitrogens with zero attached hydrogens (tertiary/aromatic N) is 2. The number of aryl methyl sites for hydroxylation is 1. The number of methoxy groups -OCH3 is 1. The summed E-state index contributed by atoms with van der Waals surface area (Å²) in [6.45, 7) is 3.58. The minimum atomic E-state index is -0.248. The molecule has 0 radical (unpaired) electrons. The summed E-state index contributed by atoms with van der Waals surface area (Å²) in [5.41, 5.74) is 2.61. The summed E-state index contributed by atoms with van der Waals surface area (Å²) in [5, 5.41) is 9.63. The third-order valence-electron chi connectivity index (χ3n) is 3.43. The fourth-order valence-corrected chi connectivity index (χ4v) is 2.89. The predicted octanol–water partition coefficient (Wildman–Crippen LogP) is 2.64. The van der Waals surface area contributed by atoms with Gasteiger partial charge in [0.05, 0.1) is 17.3 Å². The van der Waals surface area contributed by atoms with Crippen molar-refractivity contribution in [3.8, 4) is 0 Å². The molecule has 1 aromatic heterocycles. The number of halogens is 1. The number of guanidine groups is 1. The fourth-order valence-electron chi connectivity index (χ4n) is 2.24. The van der Waals surface area contributed by atoms with Crippen molar-refractivity contribution in [3.05, 3.63) is 51.2 Å². The zero-order valence-corrected chi connectivity index (χ0v) is 15.0. The lowest BCUT2D eigenvalue weighted by atomic mass is 10.1. The Kier molecular flexibility index (Phi) is 7.14. The Morgan fingerprint density at radius 2 is 2.21 bits per heavy atom. The van der Waals surface area contributed by atoms with Crippen LogP contribution in [0.5, 0.6) is 0 Å². The lowest BCUT2D eigenvalue weighted by molar-refractivity contribution is 0.181. The van der Waals surface area contributed by atoms with Crippen LogP contribution in [-0.4, -0.2) is 31.6 Å². The van der Waals surface area contributed by atoms with Gasteiger partial charge in [0.15, 0.2) is 5.96 Å². The zero-order chi connectivity index (χ0) is 17.4. The van der Waals surface area contributed by atoms with Gasteiger partial charge in [-0.25, -0.2) is 9.37 Å². The van der Waals surface area contributed by atoms with E-state index in [2.05, 4.69) is 26.0 Å². The van der Waals surface area contributed by atoms with E-state index in [9.17, 15) is 4.39 Å². The van der Waals surface area contributed by atoms with Crippen molar-refractivity contribution < 1.29 is 9.13 Å². The summed E-state index contributed by atoms with van der Waals surface area (Å²) in [6, 6.07) is 5.02. The van der Waals surface area contributed by atoms with Gasteiger partial charge in [-0.2, -0.15) is 0 Å². The van der Waals surface area contributed by atoms with E-state index in [1.54, 1.807) is 37.6 Å². The van der Waals surface area contributed by atoms with E-state index in [1.165, 1.54) is 6.07 Å². The summed E-state index contributed by atoms with van der Waals surface area (Å²) < 4.78 is 18.6. The number of thiazole rings is 1. The lowest BCUT2D eigenvalue weighted by Crippen LogP contribution is -2.37. The number of aliphatic imine (C=N–C) groups is 1. The molecular weight excluding hydrogens is 327 g/mol. The standard InChI is InChI=1S/C17H23FN4OS/c1-12-22-15(11-24-12)6-7-20-17(19-2)21-9-13-4-5-16(18)14(8-13)10-23-3/h4-5,8,11H,6-7,9-10H2,1-3H3,(H2,19,20,21). The molecule has 0 unspecified atom stereocenters. The third kappa shape index (κ3) is 5.58. The molecular formula is C17H23FN4OS. The van der Waals surface area contributed by atoms with Gasteiger partial charge in [-0.3, -0.25) is 4.99 Å². The first-order valence-corrected chi connectivity index (χ1v) is 8.62. The molecule has 0 saturated heterocycles. The summed E-state index contributed by atoms with van der Waals surface area (Å²) >= 11 is 1.66. The summed E-state index contributed by atoms with van der Waals surface area (Å²) in [5.74, 6) is 0.459. The number of hydrogen-bond acceptors (Lipinski definition) is 4. The van der Waals surface area contributed by atoms with E-state index in [1.807, 2.05) is 6.92 Å². The second kappa shape index (κ2) is 9.34. The molecule has 2 aromatic rings. The molecule has 2 rings (SSSR count). The molecule has 24 heavy (non-hydrogen) atoms. The Bertz CT molecular complexity index is 687. The minimum Gasteiger partial charge on any atom is -0.380 e. The highest BCUT2D eigenvalue weighted by Crippen LogP contribution is 2.11. The van der Waals surface area contributed by atoms with Crippen molar-refractivity contribution in [2.45, 2.75) is 26.5 Å². The number of aromatic nitrogens is 1. The maximum Gasteiger partial charge on any atom is 0.191 e. The van der Waals surface area contributed by atoms with Crippen molar-refractivity contribution in [1.29, 1.82) is 0 Å². The highest BCUT2D eigenvalue weighted by molar-refractivity contribution is 7.09. The molecule has 0 bridgehead atoms. The van der Waals surface area contributed by atoms with Crippen molar-refractivity contribution >= 4 is 17.3 Å². The van der Waals surface area contributed by atoms with Crippen LogP contribution in [-0.2, 0) is 24.3 Å². The fraction of sp³-hybridized carbons (Fsp3) is 0.412. The van der Waals surface area contributed by atoms with Gasteiger partial charge in [-0.1, -0.05) is 6.07 Å². The average molecular weight is 350 g/mol. The van der Waals surface area contributed by atoms with E-state index >= 15 is 0 Å². The molecule has 0 aliphatic carbocycles. The van der Waals surface area contributed by atoms with E-state index in [0.29, 0.717) is 18.1 Å². The van der Waals surface area contributed by atoms with Crippen molar-refractivity contribution in [3.63, 3.8) is 0 Å². The van der Waals surface area contributed by atoms with Gasteiger partial charge in [-0.05, 0) is 24.6 Å². The van der Waals surface area contributed by atoms with E-state index in [-0.39, 0.29) is 12.4 Å². The first kappa shape index (κ1) is 18.4. The second-order valence-corrected chi connectivity index (χ2v) is 6.38. The zero-order valence-electron chi connectivity index (χ0n) is 14.2. The van der Waals surface area contributed by atoms with Gasteiger partial charge in [0, 0.05) is 44.6 Å². The Hall–Kier alpha value is -1.99. The quantitative estimate of drug-likeness (QED) is 0.595. The largest absolute Gasteiger partial charge is 0.380 e. The topological polar surface area (TPSA) is 58.5 Å². The SMILES string of the molecule is CN=C(NCCc1csc(C)n1)NCc1ccc(F)c(COC)c1. The van der Waals surface area contributed by atoms with Crippen LogP contribution in [0.25, 0.3) is 0 Å². The molecule has 0 aliphatic heterocycles. The van der Waals surface area contributed by atoms with E-state index in [0.717, 1.165) is 29.2 Å². The molecule has 2 N–H and O–H groups in total. The summed E-state index contributed by atoms with van der Waals surface area (Å²) in [4.78, 5) is 8.63. The first-order valence-electron chi connectivity index (χ1n) is 7.74. The van der Waals surface area contributed by atoms with Crippen LogP contribution in [0, 0.1) is 12.7 Å². The van der Waals surface area contributed by atoms with E-state index in [4.69, 9.17) is 4.74 Å². The summed E-state index contributed by atoms with van der Waals surface area (Å²) in [7, 11) is 3.28. The Balaban J connectivity index is 1.81. The van der Waals surface area contributed by atoms with Gasteiger partial charge in [-0.15, -0.1) is 11.3 Å². The second-order valence-electron chi connectivity index (χ2n) is 5.32. The van der Waals surface area contributed by atoms with Gasteiger partial charge in [0.1, 0.15) is 5.82 Å². The number of rotatable bonds is 7. The molecule has 0 spiro atoms. The minimum absolute atomic E-state index is 0.248. The van der Waals surface area contributed by atoms with Crippen LogP contribution in [0.2, 0.25) is 0 Å². The van der Waals surface area contributed by atoms with Crippen molar-refractivity contribution in [1.82, 2.24) is 15.6 Å². The van der Waals surface area contributed by atoms with E-state index < -0.39 is 0 Å². The molecule has 0 fully saturated rings. The van der Waals surface area contributed by atoms with Crippen LogP contribution in [0.3, 0.4) is 0 Å². The molecule has 130 valence electrons. The number of nitrogens with one attached hydrogen (secondary N) is 2. The number of ether oxygens (including phenoxy) is 1. The Morgan fingerprint density at radius 3 is 2.88 bits per heavy atom. The molecule has 0 aliphatic rings. The Morgan fingerprint density at radius 1 is 1.38 bits per heavy atom. The van der Waals surface area contributed by atoms with Gasteiger partial charge < -0.3 is 15.4 Å². The number of benzene rings is 1. The smallest absolute Gasteiger partial charge is 0.191 e. The third-order valence-corrected chi connectivity index (χ3v) is 4.26. The van der Waals surface area contributed by atoms with Crippen LogP contribution in [0.15, 0.2) is 28.6 Å². The van der Waals surface area contributed by atoms with Crippen LogP contribution in [0.4, 0.5) is 4.39 Å². The van der Waals surface area contributed by atoms with Crippen LogP contribution >= 0.6 is 11.3 Å². The molecule has 0 saturated carbocycles. The number of hydrogen-bond donors (Lipinski definition) is 2. The summed E-state index contributed by atoms with van der Waals surface area (Å²) in [6.07, 6.45) is 0.847. The predicted molar refractivity (Wildman–Crippen MR) is 95.9 cm³/mol. The monoisotopic (exact) mass is 350 g/mol. The van der Waals surface area contributed by atoms with Crippen molar-refractivity contribution in [2.24, 2.45) is 4.99 Å². The lowest BCUT2D eigenvalue weighted by Gasteiger charge is -2.12. The maximum atomic E-state index is 13.6. The molecule has 1 heterocycles. The molecule has 0 amide bonds. The average Bonchev–Trinajstić information content (AvgIpc) is 2.99. The van der Waals surface area contributed by atoms with Gasteiger partial charge in [0.25, 0.3) is 0 Å². The highest BCUT2D eigenvalue weighted by atomic mass is 32.1. The molecule has 5 nitrogen and oxygen atoms in total. The molecule has 0 atom stereocenters. The molecule has 7 heteroatoms. The Labute approximate surface area is 146 Å². The highest BCUT2D eigenvalue weighted by Gasteiger charge is 2.05.